The SMILES string of the molecule is CSc1nnc(Sc2cccc(CN)n2)s1. The van der Waals surface area contributed by atoms with E-state index in [1.165, 1.54) is 11.8 Å². The Morgan fingerprint density at radius 1 is 1.31 bits per heavy atom. The average molecular weight is 270 g/mol. The maximum absolute atomic E-state index is 5.54. The van der Waals surface area contributed by atoms with Crippen LogP contribution in [0.15, 0.2) is 31.9 Å². The zero-order valence-corrected chi connectivity index (χ0v) is 11.0. The van der Waals surface area contributed by atoms with Crippen LogP contribution in [0.1, 0.15) is 5.69 Å². The summed E-state index contributed by atoms with van der Waals surface area (Å²) in [5.41, 5.74) is 6.43. The van der Waals surface area contributed by atoms with E-state index in [4.69, 9.17) is 5.73 Å². The molecule has 0 radical (unpaired) electrons. The summed E-state index contributed by atoms with van der Waals surface area (Å²) < 4.78 is 1.88. The van der Waals surface area contributed by atoms with Gasteiger partial charge in [-0.25, -0.2) is 4.98 Å². The Morgan fingerprint density at radius 3 is 2.81 bits per heavy atom. The molecule has 0 bridgehead atoms. The van der Waals surface area contributed by atoms with Crippen molar-refractivity contribution >= 4 is 34.9 Å². The van der Waals surface area contributed by atoms with Crippen molar-refractivity contribution in [3.8, 4) is 0 Å². The highest BCUT2D eigenvalue weighted by Crippen LogP contribution is 2.31. The van der Waals surface area contributed by atoms with Crippen molar-refractivity contribution in [2.75, 3.05) is 6.26 Å². The molecule has 0 aliphatic rings. The van der Waals surface area contributed by atoms with Crippen molar-refractivity contribution in [1.29, 1.82) is 0 Å². The molecular weight excluding hydrogens is 260 g/mol. The summed E-state index contributed by atoms with van der Waals surface area (Å²) in [4.78, 5) is 4.39. The summed E-state index contributed by atoms with van der Waals surface area (Å²) in [6.07, 6.45) is 1.99. The van der Waals surface area contributed by atoms with Gasteiger partial charge in [0.15, 0.2) is 8.68 Å². The van der Waals surface area contributed by atoms with E-state index >= 15 is 0 Å². The number of aromatic nitrogens is 3. The fraction of sp³-hybridized carbons (Fsp3) is 0.222. The van der Waals surface area contributed by atoms with Gasteiger partial charge in [0, 0.05) is 6.54 Å². The third-order valence-corrected chi connectivity index (χ3v) is 4.63. The van der Waals surface area contributed by atoms with E-state index in [0.717, 1.165) is 19.4 Å². The van der Waals surface area contributed by atoms with Crippen molar-refractivity contribution in [2.45, 2.75) is 20.3 Å². The molecule has 2 N–H and O–H groups in total. The zero-order chi connectivity index (χ0) is 11.4. The second-order valence-corrected chi connectivity index (χ2v) is 6.11. The fourth-order valence-corrected chi connectivity index (χ4v) is 3.43. The molecule has 0 atom stereocenters. The van der Waals surface area contributed by atoms with Crippen LogP contribution in [0.25, 0.3) is 0 Å². The van der Waals surface area contributed by atoms with Crippen molar-refractivity contribution in [3.05, 3.63) is 23.9 Å². The lowest BCUT2D eigenvalue weighted by atomic mass is 10.4. The largest absolute Gasteiger partial charge is 0.325 e. The van der Waals surface area contributed by atoms with E-state index in [-0.39, 0.29) is 0 Å². The molecule has 0 saturated heterocycles. The minimum Gasteiger partial charge on any atom is -0.325 e. The van der Waals surface area contributed by atoms with Crippen molar-refractivity contribution in [3.63, 3.8) is 0 Å². The molecule has 16 heavy (non-hydrogen) atoms. The Labute approximate surface area is 106 Å². The Balaban J connectivity index is 2.13. The van der Waals surface area contributed by atoms with Gasteiger partial charge in [-0.1, -0.05) is 29.2 Å². The molecular formula is C9H10N4S3. The van der Waals surface area contributed by atoms with Crippen molar-refractivity contribution in [1.82, 2.24) is 15.2 Å². The molecule has 7 heteroatoms. The summed E-state index contributed by atoms with van der Waals surface area (Å²) in [6, 6.07) is 5.81. The van der Waals surface area contributed by atoms with Crippen LogP contribution in [-0.2, 0) is 6.54 Å². The molecule has 2 heterocycles. The monoisotopic (exact) mass is 270 g/mol. The third-order valence-electron chi connectivity index (χ3n) is 1.74. The molecule has 4 nitrogen and oxygen atoms in total. The van der Waals surface area contributed by atoms with Gasteiger partial charge in [0.25, 0.3) is 0 Å². The average Bonchev–Trinajstić information content (AvgIpc) is 2.77. The third kappa shape index (κ3) is 2.94. The summed E-state index contributed by atoms with van der Waals surface area (Å²) in [6.45, 7) is 0.459. The van der Waals surface area contributed by atoms with Gasteiger partial charge in [-0.2, -0.15) is 0 Å². The van der Waals surface area contributed by atoms with E-state index in [0.29, 0.717) is 6.54 Å². The van der Waals surface area contributed by atoms with Gasteiger partial charge in [0.2, 0.25) is 0 Å². The highest BCUT2D eigenvalue weighted by molar-refractivity contribution is 8.02. The second-order valence-electron chi connectivity index (χ2n) is 2.81. The van der Waals surface area contributed by atoms with Crippen LogP contribution in [0.2, 0.25) is 0 Å². The van der Waals surface area contributed by atoms with Gasteiger partial charge in [-0.15, -0.1) is 10.2 Å². The number of hydrogen-bond acceptors (Lipinski definition) is 7. The van der Waals surface area contributed by atoms with E-state index in [9.17, 15) is 0 Å². The van der Waals surface area contributed by atoms with E-state index in [1.54, 1.807) is 23.1 Å². The van der Waals surface area contributed by atoms with Crippen LogP contribution in [-0.4, -0.2) is 21.4 Å². The van der Waals surface area contributed by atoms with Crippen LogP contribution in [0.5, 0.6) is 0 Å². The highest BCUT2D eigenvalue weighted by atomic mass is 32.2. The number of nitrogens with two attached hydrogens (primary N) is 1. The maximum atomic E-state index is 5.54. The van der Waals surface area contributed by atoms with Gasteiger partial charge >= 0.3 is 0 Å². The quantitative estimate of drug-likeness (QED) is 0.860. The van der Waals surface area contributed by atoms with Gasteiger partial charge in [0.05, 0.1) is 5.69 Å². The molecule has 2 aromatic rings. The molecule has 0 aromatic carbocycles. The normalized spacial score (nSPS) is 10.6. The van der Waals surface area contributed by atoms with Gasteiger partial charge in [0.1, 0.15) is 5.03 Å². The Morgan fingerprint density at radius 2 is 2.12 bits per heavy atom. The first-order valence-electron chi connectivity index (χ1n) is 4.53. The molecule has 0 amide bonds. The van der Waals surface area contributed by atoms with Crippen LogP contribution in [0.3, 0.4) is 0 Å². The predicted octanol–water partition coefficient (Wildman–Crippen LogP) is 2.26. The molecule has 2 aromatic heterocycles. The Hall–Kier alpha value is -0.630. The highest BCUT2D eigenvalue weighted by Gasteiger charge is 2.06. The summed E-state index contributed by atoms with van der Waals surface area (Å²) in [5, 5.41) is 9.02. The van der Waals surface area contributed by atoms with E-state index in [2.05, 4.69) is 15.2 Å². The van der Waals surface area contributed by atoms with Gasteiger partial charge < -0.3 is 5.73 Å². The van der Waals surface area contributed by atoms with Gasteiger partial charge in [-0.05, 0) is 30.2 Å². The molecule has 0 spiro atoms. The second kappa shape index (κ2) is 5.62. The van der Waals surface area contributed by atoms with Crippen LogP contribution < -0.4 is 5.73 Å². The Bertz CT molecular complexity index is 471. The molecule has 0 aliphatic heterocycles. The summed E-state index contributed by atoms with van der Waals surface area (Å²) in [7, 11) is 0. The molecule has 84 valence electrons. The fourth-order valence-electron chi connectivity index (χ4n) is 1.04. The summed E-state index contributed by atoms with van der Waals surface area (Å²) in [5.74, 6) is 0. The molecule has 0 saturated carbocycles. The van der Waals surface area contributed by atoms with Crippen LogP contribution in [0.4, 0.5) is 0 Å². The molecule has 0 fully saturated rings. The summed E-state index contributed by atoms with van der Waals surface area (Å²) >= 11 is 4.69. The first-order valence-corrected chi connectivity index (χ1v) is 7.39. The standard InChI is InChI=1S/C9H10N4S3/c1-14-8-12-13-9(16-8)15-7-4-2-3-6(5-10)11-7/h2-4H,5,10H2,1H3. The number of pyridine rings is 1. The lowest BCUT2D eigenvalue weighted by Gasteiger charge is -1.98. The molecule has 0 aliphatic carbocycles. The predicted molar refractivity (Wildman–Crippen MR) is 67.9 cm³/mol. The maximum Gasteiger partial charge on any atom is 0.181 e. The topological polar surface area (TPSA) is 64.7 Å². The lowest BCUT2D eigenvalue weighted by molar-refractivity contribution is 0.932. The minimum atomic E-state index is 0.459. The number of thioether (sulfide) groups is 1. The van der Waals surface area contributed by atoms with Crippen LogP contribution >= 0.6 is 34.9 Å². The first-order chi connectivity index (χ1) is 7.81. The van der Waals surface area contributed by atoms with Crippen LogP contribution in [0, 0.1) is 0 Å². The Kier molecular flexibility index (Phi) is 4.16. The van der Waals surface area contributed by atoms with Gasteiger partial charge in [-0.3, -0.25) is 0 Å². The van der Waals surface area contributed by atoms with Crippen molar-refractivity contribution in [2.24, 2.45) is 5.73 Å². The zero-order valence-electron chi connectivity index (χ0n) is 8.58. The van der Waals surface area contributed by atoms with E-state index in [1.807, 2.05) is 24.5 Å². The van der Waals surface area contributed by atoms with E-state index < -0.39 is 0 Å². The number of hydrogen-bond donors (Lipinski definition) is 1. The molecule has 0 unspecified atom stereocenters. The number of nitrogens with zero attached hydrogens (tertiary/aromatic N) is 3. The lowest BCUT2D eigenvalue weighted by Crippen LogP contribution is -1.99. The first kappa shape index (κ1) is 11.8. The molecule has 2 rings (SSSR count). The van der Waals surface area contributed by atoms with Crippen molar-refractivity contribution < 1.29 is 0 Å². The smallest absolute Gasteiger partial charge is 0.181 e. The number of rotatable bonds is 4. The minimum absolute atomic E-state index is 0.459.